The van der Waals surface area contributed by atoms with Crippen LogP contribution in [0.15, 0.2) is 101 Å². The van der Waals surface area contributed by atoms with Crippen molar-refractivity contribution in [2.45, 2.75) is 45.8 Å². The molecule has 4 rings (SSSR count). The summed E-state index contributed by atoms with van der Waals surface area (Å²) < 4.78 is 5.68. The van der Waals surface area contributed by atoms with E-state index >= 15 is 0 Å². The first-order valence-electron chi connectivity index (χ1n) is 13.6. The van der Waals surface area contributed by atoms with Crippen molar-refractivity contribution in [3.8, 4) is 0 Å². The molecule has 1 aliphatic heterocycles. The molecule has 1 heterocycles. The summed E-state index contributed by atoms with van der Waals surface area (Å²) in [6, 6.07) is 26.8. The largest absolute Gasteiger partial charge is 0.459 e. The lowest BCUT2D eigenvalue weighted by molar-refractivity contribution is -0.143. The van der Waals surface area contributed by atoms with Crippen molar-refractivity contribution in [1.29, 1.82) is 0 Å². The Kier molecular flexibility index (Phi) is 9.78. The first kappa shape index (κ1) is 29.1. The first-order valence-corrected chi connectivity index (χ1v) is 14.0. The second-order valence-corrected chi connectivity index (χ2v) is 10.7. The van der Waals surface area contributed by atoms with Crippen LogP contribution in [-0.2, 0) is 20.7 Å². The molecule has 1 atom stereocenters. The normalized spacial score (nSPS) is 15.2. The average Bonchev–Trinajstić information content (AvgIpc) is 2.93. The molecule has 0 spiro atoms. The van der Waals surface area contributed by atoms with Gasteiger partial charge in [-0.15, -0.1) is 0 Å². The van der Waals surface area contributed by atoms with Crippen LogP contribution in [0.25, 0.3) is 0 Å². The fraction of sp³-hybridized carbons (Fsp3) is 0.303. The number of rotatable bonds is 10. The highest BCUT2D eigenvalue weighted by atomic mass is 35.5. The van der Waals surface area contributed by atoms with Crippen LogP contribution in [0.4, 0.5) is 0 Å². The van der Waals surface area contributed by atoms with Gasteiger partial charge in [0.1, 0.15) is 5.84 Å². The summed E-state index contributed by atoms with van der Waals surface area (Å²) in [6.45, 7) is 6.64. The zero-order valence-electron chi connectivity index (χ0n) is 23.5. The van der Waals surface area contributed by atoms with Gasteiger partial charge in [-0.25, -0.2) is 9.79 Å². The third-order valence-electron chi connectivity index (χ3n) is 6.80. The van der Waals surface area contributed by atoms with E-state index in [2.05, 4.69) is 4.90 Å². The number of allylic oxidation sites excluding steroid dienone is 1. The number of hydrogen-bond donors (Lipinski definition) is 0. The Morgan fingerprint density at radius 2 is 1.68 bits per heavy atom. The number of carbonyl (C=O) groups is 2. The molecule has 0 fully saturated rings. The van der Waals surface area contributed by atoms with Crippen LogP contribution in [0.5, 0.6) is 0 Å². The SMILES string of the molecule is CC1=C(C(=O)OC(C)C)C(c2cccc(Cl)c2)N(CCCN(C)C(=O)Cc2ccccc2)C(c2ccccc2)=N1. The molecular weight excluding hydrogens is 522 g/mol. The number of amidine groups is 1. The fourth-order valence-corrected chi connectivity index (χ4v) is 5.08. The molecule has 0 radical (unpaired) electrons. The number of hydrogen-bond acceptors (Lipinski definition) is 5. The number of likely N-dealkylation sites (N-methyl/N-ethyl adjacent to an activating group) is 1. The minimum Gasteiger partial charge on any atom is -0.459 e. The van der Waals surface area contributed by atoms with Crippen LogP contribution in [-0.4, -0.2) is 53.8 Å². The number of halogens is 1. The molecular formula is C33H36ClN3O3. The Morgan fingerprint density at radius 1 is 1.00 bits per heavy atom. The van der Waals surface area contributed by atoms with Gasteiger partial charge in [-0.3, -0.25) is 4.79 Å². The van der Waals surface area contributed by atoms with E-state index in [0.717, 1.165) is 22.5 Å². The van der Waals surface area contributed by atoms with E-state index in [9.17, 15) is 9.59 Å². The number of nitrogens with zero attached hydrogens (tertiary/aromatic N) is 3. The van der Waals surface area contributed by atoms with Crippen LogP contribution >= 0.6 is 11.6 Å². The molecule has 0 saturated heterocycles. The van der Waals surface area contributed by atoms with Gasteiger partial charge < -0.3 is 14.5 Å². The molecule has 40 heavy (non-hydrogen) atoms. The summed E-state index contributed by atoms with van der Waals surface area (Å²) >= 11 is 6.44. The standard InChI is InChI=1S/C33H36ClN3O3/c1-23(2)40-33(39)30-24(3)35-32(26-15-9-6-10-16-26)37(31(30)27-17-11-18-28(34)22-27)20-12-19-36(4)29(38)21-25-13-7-5-8-14-25/h5-11,13-18,22-23,31H,12,19-21H2,1-4H3. The molecule has 3 aromatic rings. The Bertz CT molecular complexity index is 1390. The molecule has 6 nitrogen and oxygen atoms in total. The molecule has 0 saturated carbocycles. The molecule has 1 aliphatic rings. The predicted molar refractivity (Wildman–Crippen MR) is 160 cm³/mol. The van der Waals surface area contributed by atoms with Crippen molar-refractivity contribution in [3.05, 3.63) is 118 Å². The summed E-state index contributed by atoms with van der Waals surface area (Å²) in [5.74, 6) is 0.432. The van der Waals surface area contributed by atoms with Crippen molar-refractivity contribution in [1.82, 2.24) is 9.80 Å². The topological polar surface area (TPSA) is 62.2 Å². The van der Waals surface area contributed by atoms with Crippen LogP contribution in [0.1, 0.15) is 49.9 Å². The van der Waals surface area contributed by atoms with Gasteiger partial charge in [0.2, 0.25) is 5.91 Å². The van der Waals surface area contributed by atoms with Crippen molar-refractivity contribution in [2.75, 3.05) is 20.1 Å². The zero-order valence-corrected chi connectivity index (χ0v) is 24.3. The van der Waals surface area contributed by atoms with Crippen LogP contribution < -0.4 is 0 Å². The summed E-state index contributed by atoms with van der Waals surface area (Å²) in [5.41, 5.74) is 3.91. The van der Waals surface area contributed by atoms with E-state index < -0.39 is 12.0 Å². The van der Waals surface area contributed by atoms with E-state index in [4.69, 9.17) is 21.3 Å². The lowest BCUT2D eigenvalue weighted by Crippen LogP contribution is -2.43. The van der Waals surface area contributed by atoms with Crippen molar-refractivity contribution in [3.63, 3.8) is 0 Å². The molecule has 0 N–H and O–H groups in total. The molecule has 0 bridgehead atoms. The van der Waals surface area contributed by atoms with Gasteiger partial charge >= 0.3 is 5.97 Å². The average molecular weight is 558 g/mol. The highest BCUT2D eigenvalue weighted by Crippen LogP contribution is 2.38. The van der Waals surface area contributed by atoms with Gasteiger partial charge in [0.25, 0.3) is 0 Å². The Morgan fingerprint density at radius 3 is 2.33 bits per heavy atom. The number of ether oxygens (including phenoxy) is 1. The van der Waals surface area contributed by atoms with Gasteiger partial charge in [0.05, 0.1) is 29.8 Å². The van der Waals surface area contributed by atoms with Crippen LogP contribution in [0.3, 0.4) is 0 Å². The fourth-order valence-electron chi connectivity index (χ4n) is 4.88. The predicted octanol–water partition coefficient (Wildman–Crippen LogP) is 6.46. The highest BCUT2D eigenvalue weighted by molar-refractivity contribution is 6.30. The summed E-state index contributed by atoms with van der Waals surface area (Å²) in [4.78, 5) is 35.2. The minimum absolute atomic E-state index is 0.0603. The van der Waals surface area contributed by atoms with E-state index in [0.29, 0.717) is 42.2 Å². The maximum absolute atomic E-state index is 13.5. The van der Waals surface area contributed by atoms with Gasteiger partial charge in [-0.1, -0.05) is 84.4 Å². The van der Waals surface area contributed by atoms with Gasteiger partial charge in [0, 0.05) is 30.7 Å². The highest BCUT2D eigenvalue weighted by Gasteiger charge is 2.37. The Hall–Kier alpha value is -3.90. The minimum atomic E-state index is -0.456. The number of amides is 1. The summed E-state index contributed by atoms with van der Waals surface area (Å²) in [6.07, 6.45) is 0.756. The van der Waals surface area contributed by atoms with Crippen molar-refractivity contribution >= 4 is 29.3 Å². The van der Waals surface area contributed by atoms with Gasteiger partial charge in [0.15, 0.2) is 0 Å². The third-order valence-corrected chi connectivity index (χ3v) is 7.03. The maximum Gasteiger partial charge on any atom is 0.338 e. The lowest BCUT2D eigenvalue weighted by Gasteiger charge is -2.39. The molecule has 7 heteroatoms. The van der Waals surface area contributed by atoms with E-state index in [-0.39, 0.29) is 12.0 Å². The number of benzene rings is 3. The second kappa shape index (κ2) is 13.4. The number of aliphatic imine (C=N–C) groups is 1. The molecule has 0 aliphatic carbocycles. The molecule has 1 amide bonds. The monoisotopic (exact) mass is 557 g/mol. The number of carbonyl (C=O) groups excluding carboxylic acids is 2. The van der Waals surface area contributed by atoms with Gasteiger partial charge in [-0.05, 0) is 50.5 Å². The first-order chi connectivity index (χ1) is 19.2. The molecule has 208 valence electrons. The van der Waals surface area contributed by atoms with Crippen molar-refractivity contribution in [2.24, 2.45) is 4.99 Å². The zero-order chi connectivity index (χ0) is 28.6. The van der Waals surface area contributed by atoms with E-state index in [1.54, 1.807) is 4.90 Å². The summed E-state index contributed by atoms with van der Waals surface area (Å²) in [5, 5.41) is 0.585. The van der Waals surface area contributed by atoms with Gasteiger partial charge in [-0.2, -0.15) is 0 Å². The molecule has 3 aromatic carbocycles. The van der Waals surface area contributed by atoms with Crippen molar-refractivity contribution < 1.29 is 14.3 Å². The van der Waals surface area contributed by atoms with E-state index in [1.807, 2.05) is 113 Å². The van der Waals surface area contributed by atoms with Crippen LogP contribution in [0, 0.1) is 0 Å². The number of esters is 1. The Labute approximate surface area is 241 Å². The summed E-state index contributed by atoms with van der Waals surface area (Å²) in [7, 11) is 1.83. The lowest BCUT2D eigenvalue weighted by atomic mass is 9.92. The maximum atomic E-state index is 13.5. The quantitative estimate of drug-likeness (QED) is 0.268. The third kappa shape index (κ3) is 7.19. The Balaban J connectivity index is 1.66. The second-order valence-electron chi connectivity index (χ2n) is 10.2. The van der Waals surface area contributed by atoms with Crippen LogP contribution in [0.2, 0.25) is 5.02 Å². The smallest absolute Gasteiger partial charge is 0.338 e. The molecule has 0 aromatic heterocycles. The van der Waals surface area contributed by atoms with E-state index in [1.165, 1.54) is 0 Å². The molecule has 1 unspecified atom stereocenters.